The maximum absolute atomic E-state index is 12.6. The van der Waals surface area contributed by atoms with E-state index in [1.54, 1.807) is 12.0 Å². The molecule has 7 nitrogen and oxygen atoms in total. The van der Waals surface area contributed by atoms with E-state index in [1.807, 2.05) is 24.3 Å². The molecule has 0 radical (unpaired) electrons. The first-order chi connectivity index (χ1) is 11.5. The molecule has 1 aliphatic heterocycles. The van der Waals surface area contributed by atoms with Crippen molar-refractivity contribution in [3.8, 4) is 5.75 Å². The SMILES string of the molecule is COCCS(=O)(=O)CC(=O)N1CCNCC1c1ccccc1OC.Cl. The van der Waals surface area contributed by atoms with E-state index in [9.17, 15) is 13.2 Å². The van der Waals surface area contributed by atoms with Crippen LogP contribution in [0.5, 0.6) is 5.75 Å². The van der Waals surface area contributed by atoms with Gasteiger partial charge in [-0.15, -0.1) is 12.4 Å². The fraction of sp³-hybridized carbons (Fsp3) is 0.562. The van der Waals surface area contributed by atoms with Crippen LogP contribution >= 0.6 is 12.4 Å². The Bertz CT molecular complexity index is 668. The number of piperazine rings is 1. The highest BCUT2D eigenvalue weighted by molar-refractivity contribution is 7.92. The van der Waals surface area contributed by atoms with Gasteiger partial charge in [0.1, 0.15) is 11.5 Å². The molecule has 25 heavy (non-hydrogen) atoms. The Labute approximate surface area is 155 Å². The molecule has 1 atom stereocenters. The molecule has 1 aromatic carbocycles. The molecular weight excluding hydrogens is 368 g/mol. The van der Waals surface area contributed by atoms with Crippen LogP contribution in [0, 0.1) is 0 Å². The number of nitrogens with zero attached hydrogens (tertiary/aromatic N) is 1. The van der Waals surface area contributed by atoms with Crippen molar-refractivity contribution in [2.24, 2.45) is 0 Å². The monoisotopic (exact) mass is 392 g/mol. The Morgan fingerprint density at radius 2 is 2.04 bits per heavy atom. The van der Waals surface area contributed by atoms with Crippen molar-refractivity contribution in [1.29, 1.82) is 0 Å². The van der Waals surface area contributed by atoms with E-state index in [-0.39, 0.29) is 36.7 Å². The third-order valence-corrected chi connectivity index (χ3v) is 5.48. The average Bonchev–Trinajstić information content (AvgIpc) is 2.59. The van der Waals surface area contributed by atoms with Gasteiger partial charge >= 0.3 is 0 Å². The van der Waals surface area contributed by atoms with Crippen molar-refractivity contribution >= 4 is 28.2 Å². The van der Waals surface area contributed by atoms with Gasteiger partial charge in [-0.3, -0.25) is 4.79 Å². The summed E-state index contributed by atoms with van der Waals surface area (Å²) in [4.78, 5) is 14.2. The molecule has 0 aromatic heterocycles. The van der Waals surface area contributed by atoms with Gasteiger partial charge in [0.05, 0.1) is 25.5 Å². The van der Waals surface area contributed by atoms with Crippen LogP contribution in [0.15, 0.2) is 24.3 Å². The Balaban J connectivity index is 0.00000312. The number of hydrogen-bond acceptors (Lipinski definition) is 6. The summed E-state index contributed by atoms with van der Waals surface area (Å²) in [5.74, 6) is -0.349. The van der Waals surface area contributed by atoms with Crippen LogP contribution < -0.4 is 10.1 Å². The quantitative estimate of drug-likeness (QED) is 0.733. The van der Waals surface area contributed by atoms with Gasteiger partial charge in [-0.1, -0.05) is 18.2 Å². The lowest BCUT2D eigenvalue weighted by atomic mass is 10.0. The van der Waals surface area contributed by atoms with Crippen LogP contribution in [0.1, 0.15) is 11.6 Å². The second-order valence-electron chi connectivity index (χ2n) is 5.63. The van der Waals surface area contributed by atoms with Crippen LogP contribution in [-0.2, 0) is 19.4 Å². The highest BCUT2D eigenvalue weighted by atomic mass is 35.5. The average molecular weight is 393 g/mol. The molecule has 1 aromatic rings. The number of nitrogens with one attached hydrogen (secondary N) is 1. The van der Waals surface area contributed by atoms with E-state index in [0.29, 0.717) is 25.4 Å². The van der Waals surface area contributed by atoms with Crippen molar-refractivity contribution in [2.75, 3.05) is 52.0 Å². The number of methoxy groups -OCH3 is 2. The number of halogens is 1. The van der Waals surface area contributed by atoms with Crippen molar-refractivity contribution in [3.05, 3.63) is 29.8 Å². The van der Waals surface area contributed by atoms with Gasteiger partial charge in [0, 0.05) is 32.3 Å². The summed E-state index contributed by atoms with van der Waals surface area (Å²) in [5.41, 5.74) is 0.870. The first-order valence-corrected chi connectivity index (χ1v) is 9.63. The van der Waals surface area contributed by atoms with Gasteiger partial charge in [0.15, 0.2) is 9.84 Å². The maximum atomic E-state index is 12.6. The lowest BCUT2D eigenvalue weighted by molar-refractivity contribution is -0.131. The summed E-state index contributed by atoms with van der Waals surface area (Å²) in [6, 6.07) is 7.22. The van der Waals surface area contributed by atoms with E-state index >= 15 is 0 Å². The molecule has 1 fully saturated rings. The van der Waals surface area contributed by atoms with Crippen molar-refractivity contribution in [1.82, 2.24) is 10.2 Å². The minimum Gasteiger partial charge on any atom is -0.496 e. The molecule has 0 saturated carbocycles. The van der Waals surface area contributed by atoms with Crippen LogP contribution in [0.4, 0.5) is 0 Å². The van der Waals surface area contributed by atoms with Crippen LogP contribution in [0.3, 0.4) is 0 Å². The third-order valence-electron chi connectivity index (χ3n) is 4.00. The van der Waals surface area contributed by atoms with Gasteiger partial charge in [-0.25, -0.2) is 8.42 Å². The number of amides is 1. The van der Waals surface area contributed by atoms with E-state index in [1.165, 1.54) is 7.11 Å². The van der Waals surface area contributed by atoms with E-state index in [2.05, 4.69) is 5.32 Å². The van der Waals surface area contributed by atoms with E-state index in [0.717, 1.165) is 5.56 Å². The topological polar surface area (TPSA) is 84.9 Å². The molecular formula is C16H25ClN2O5S. The lowest BCUT2D eigenvalue weighted by Gasteiger charge is -2.37. The third kappa shape index (κ3) is 5.85. The molecule has 1 N–H and O–H groups in total. The number of para-hydroxylation sites is 1. The Kier molecular flexibility index (Phi) is 8.64. The second-order valence-corrected chi connectivity index (χ2v) is 7.82. The van der Waals surface area contributed by atoms with E-state index in [4.69, 9.17) is 9.47 Å². The zero-order chi connectivity index (χ0) is 17.6. The minimum absolute atomic E-state index is 0. The second kappa shape index (κ2) is 9.96. The minimum atomic E-state index is -3.48. The summed E-state index contributed by atoms with van der Waals surface area (Å²) in [6.45, 7) is 1.74. The normalized spacial score (nSPS) is 17.7. The number of sulfone groups is 1. The largest absolute Gasteiger partial charge is 0.496 e. The predicted octanol–water partition coefficient (Wildman–Crippen LogP) is 0.651. The summed E-state index contributed by atoms with van der Waals surface area (Å²) in [5, 5.41) is 3.25. The summed E-state index contributed by atoms with van der Waals surface area (Å²) >= 11 is 0. The van der Waals surface area contributed by atoms with Gasteiger partial charge < -0.3 is 19.7 Å². The molecule has 1 amide bonds. The number of carbonyl (C=O) groups excluding carboxylic acids is 1. The molecule has 1 saturated heterocycles. The molecule has 1 aliphatic rings. The highest BCUT2D eigenvalue weighted by Crippen LogP contribution is 2.30. The molecule has 0 spiro atoms. The lowest BCUT2D eigenvalue weighted by Crippen LogP contribution is -2.50. The summed E-state index contributed by atoms with van der Waals surface area (Å²) in [6.07, 6.45) is 0. The highest BCUT2D eigenvalue weighted by Gasteiger charge is 2.31. The number of rotatable bonds is 7. The Morgan fingerprint density at radius 1 is 1.32 bits per heavy atom. The first kappa shape index (κ1) is 21.7. The van der Waals surface area contributed by atoms with Gasteiger partial charge in [0.25, 0.3) is 0 Å². The number of carbonyl (C=O) groups is 1. The first-order valence-electron chi connectivity index (χ1n) is 7.81. The molecule has 2 rings (SSSR count). The smallest absolute Gasteiger partial charge is 0.238 e. The fourth-order valence-corrected chi connectivity index (χ4v) is 3.88. The number of benzene rings is 1. The Hall–Kier alpha value is -1.35. The number of hydrogen-bond donors (Lipinski definition) is 1. The zero-order valence-electron chi connectivity index (χ0n) is 14.4. The van der Waals surface area contributed by atoms with Gasteiger partial charge in [-0.05, 0) is 6.07 Å². The van der Waals surface area contributed by atoms with Gasteiger partial charge in [0.2, 0.25) is 5.91 Å². The van der Waals surface area contributed by atoms with Crippen LogP contribution in [-0.4, -0.2) is 71.2 Å². The zero-order valence-corrected chi connectivity index (χ0v) is 16.1. The maximum Gasteiger partial charge on any atom is 0.238 e. The molecule has 1 unspecified atom stereocenters. The molecule has 0 bridgehead atoms. The van der Waals surface area contributed by atoms with Crippen molar-refractivity contribution in [3.63, 3.8) is 0 Å². The Morgan fingerprint density at radius 3 is 2.72 bits per heavy atom. The summed E-state index contributed by atoms with van der Waals surface area (Å²) < 4.78 is 34.3. The van der Waals surface area contributed by atoms with Gasteiger partial charge in [-0.2, -0.15) is 0 Å². The molecule has 0 aliphatic carbocycles. The number of ether oxygens (including phenoxy) is 2. The van der Waals surface area contributed by atoms with Crippen LogP contribution in [0.2, 0.25) is 0 Å². The molecule has 1 heterocycles. The van der Waals surface area contributed by atoms with E-state index < -0.39 is 15.6 Å². The predicted molar refractivity (Wildman–Crippen MR) is 98.1 cm³/mol. The molecule has 142 valence electrons. The standard InChI is InChI=1S/C16H24N2O5S.ClH/c1-22-9-10-24(20,21)12-16(19)18-8-7-17-11-14(18)13-5-3-4-6-15(13)23-2;/h3-6,14,17H,7-12H2,1-2H3;1H. The van der Waals surface area contributed by atoms with Crippen LogP contribution in [0.25, 0.3) is 0 Å². The summed E-state index contributed by atoms with van der Waals surface area (Å²) in [7, 11) is -0.466. The van der Waals surface area contributed by atoms with Crippen molar-refractivity contribution in [2.45, 2.75) is 6.04 Å². The fourth-order valence-electron chi connectivity index (χ4n) is 2.78. The molecule has 9 heteroatoms. The van der Waals surface area contributed by atoms with Crippen molar-refractivity contribution < 1.29 is 22.7 Å².